The van der Waals surface area contributed by atoms with Crippen molar-refractivity contribution in [2.75, 3.05) is 11.1 Å². The van der Waals surface area contributed by atoms with E-state index in [4.69, 9.17) is 10.2 Å². The van der Waals surface area contributed by atoms with Crippen LogP contribution in [0.15, 0.2) is 27.8 Å². The van der Waals surface area contributed by atoms with E-state index in [1.165, 1.54) is 6.07 Å². The average Bonchev–Trinajstić information content (AvgIpc) is 2.89. The molecule has 8 heteroatoms. The van der Waals surface area contributed by atoms with E-state index in [9.17, 15) is 9.18 Å². The van der Waals surface area contributed by atoms with Gasteiger partial charge in [-0.15, -0.1) is 10.2 Å². The lowest BCUT2D eigenvalue weighted by atomic mass is 10.2. The van der Waals surface area contributed by atoms with E-state index in [1.54, 1.807) is 19.1 Å². The first-order valence-corrected chi connectivity index (χ1v) is 6.78. The molecular formula is C12H13FN4O2S. The number of aryl methyl sites for hydroxylation is 1. The molecule has 1 heterocycles. The van der Waals surface area contributed by atoms with Crippen molar-refractivity contribution in [1.82, 2.24) is 10.2 Å². The Hall–Kier alpha value is -1.93. The van der Waals surface area contributed by atoms with Gasteiger partial charge < -0.3 is 15.5 Å². The van der Waals surface area contributed by atoms with Gasteiger partial charge in [-0.25, -0.2) is 4.39 Å². The lowest BCUT2D eigenvalue weighted by Crippen LogP contribution is -2.14. The predicted molar refractivity (Wildman–Crippen MR) is 72.7 cm³/mol. The Bertz CT molecular complexity index is 617. The summed E-state index contributed by atoms with van der Waals surface area (Å²) in [5, 5.41) is 10.3. The Morgan fingerprint density at radius 2 is 2.30 bits per heavy atom. The first kappa shape index (κ1) is 14.5. The van der Waals surface area contributed by atoms with Crippen LogP contribution in [0, 0.1) is 12.7 Å². The number of thioether (sulfide) groups is 1. The molecule has 0 atom stereocenters. The summed E-state index contributed by atoms with van der Waals surface area (Å²) in [5.74, 6) is -0.249. The van der Waals surface area contributed by atoms with Gasteiger partial charge in [-0.05, 0) is 24.6 Å². The molecule has 1 aromatic carbocycles. The summed E-state index contributed by atoms with van der Waals surface area (Å²) in [7, 11) is 0. The van der Waals surface area contributed by atoms with Crippen molar-refractivity contribution in [2.45, 2.75) is 18.7 Å². The van der Waals surface area contributed by atoms with Gasteiger partial charge in [0.25, 0.3) is 5.22 Å². The van der Waals surface area contributed by atoms with Crippen molar-refractivity contribution in [3.8, 4) is 0 Å². The van der Waals surface area contributed by atoms with Crippen molar-refractivity contribution < 1.29 is 13.6 Å². The van der Waals surface area contributed by atoms with Gasteiger partial charge in [0.2, 0.25) is 11.8 Å². The average molecular weight is 296 g/mol. The van der Waals surface area contributed by atoms with E-state index in [1.807, 2.05) is 0 Å². The molecule has 0 bridgehead atoms. The summed E-state index contributed by atoms with van der Waals surface area (Å²) in [6, 6.07) is 4.51. The Kier molecular flexibility index (Phi) is 4.70. The minimum Gasteiger partial charge on any atom is -0.415 e. The number of amides is 1. The third-order valence-corrected chi connectivity index (χ3v) is 3.22. The standard InChI is InChI=1S/C12H13FN4O2S/c1-7-2-3-8(4-9(7)13)15-10(18)6-20-12-17-16-11(5-14)19-12/h2-4H,5-6,14H2,1H3,(H,15,18). The minimum atomic E-state index is -0.361. The zero-order valence-corrected chi connectivity index (χ0v) is 11.5. The summed E-state index contributed by atoms with van der Waals surface area (Å²) < 4.78 is 18.5. The molecule has 0 saturated carbocycles. The molecule has 0 aliphatic rings. The number of aromatic nitrogens is 2. The summed E-state index contributed by atoms with van der Waals surface area (Å²) in [6.07, 6.45) is 0. The molecular weight excluding hydrogens is 283 g/mol. The van der Waals surface area contributed by atoms with Gasteiger partial charge in [-0.2, -0.15) is 0 Å². The maximum absolute atomic E-state index is 13.3. The van der Waals surface area contributed by atoms with Crippen LogP contribution in [0.3, 0.4) is 0 Å². The summed E-state index contributed by atoms with van der Waals surface area (Å²) in [4.78, 5) is 11.7. The van der Waals surface area contributed by atoms with Gasteiger partial charge in [-0.1, -0.05) is 17.8 Å². The highest BCUT2D eigenvalue weighted by Gasteiger charge is 2.09. The van der Waals surface area contributed by atoms with E-state index in [0.717, 1.165) is 11.8 Å². The zero-order chi connectivity index (χ0) is 14.5. The number of carbonyl (C=O) groups excluding carboxylic acids is 1. The van der Waals surface area contributed by atoms with E-state index in [-0.39, 0.29) is 29.2 Å². The molecule has 6 nitrogen and oxygen atoms in total. The lowest BCUT2D eigenvalue weighted by Gasteiger charge is -2.05. The maximum Gasteiger partial charge on any atom is 0.277 e. The van der Waals surface area contributed by atoms with Crippen LogP contribution in [-0.2, 0) is 11.3 Å². The third-order valence-electron chi connectivity index (χ3n) is 2.41. The Morgan fingerprint density at radius 3 is 2.95 bits per heavy atom. The maximum atomic E-state index is 13.3. The quantitative estimate of drug-likeness (QED) is 0.816. The van der Waals surface area contributed by atoms with Crippen molar-refractivity contribution in [3.05, 3.63) is 35.5 Å². The van der Waals surface area contributed by atoms with Gasteiger partial charge in [0.1, 0.15) is 5.82 Å². The molecule has 0 saturated heterocycles. The molecule has 106 valence electrons. The minimum absolute atomic E-state index is 0.0850. The summed E-state index contributed by atoms with van der Waals surface area (Å²) in [6.45, 7) is 1.81. The first-order chi connectivity index (χ1) is 9.58. The Balaban J connectivity index is 1.87. The molecule has 1 aromatic heterocycles. The molecule has 0 fully saturated rings. The molecule has 0 spiro atoms. The molecule has 3 N–H and O–H groups in total. The van der Waals surface area contributed by atoms with Gasteiger partial charge in [0, 0.05) is 5.69 Å². The fourth-order valence-electron chi connectivity index (χ4n) is 1.37. The highest BCUT2D eigenvalue weighted by atomic mass is 32.2. The van der Waals surface area contributed by atoms with Crippen LogP contribution in [0.5, 0.6) is 0 Å². The van der Waals surface area contributed by atoms with Gasteiger partial charge >= 0.3 is 0 Å². The number of hydrogen-bond acceptors (Lipinski definition) is 6. The topological polar surface area (TPSA) is 94.0 Å². The largest absolute Gasteiger partial charge is 0.415 e. The molecule has 20 heavy (non-hydrogen) atoms. The molecule has 0 aliphatic carbocycles. The third kappa shape index (κ3) is 3.78. The Labute approximate surface area is 118 Å². The smallest absolute Gasteiger partial charge is 0.277 e. The van der Waals surface area contributed by atoms with Gasteiger partial charge in [0.05, 0.1) is 12.3 Å². The highest BCUT2D eigenvalue weighted by Crippen LogP contribution is 2.17. The van der Waals surface area contributed by atoms with Crippen LogP contribution in [-0.4, -0.2) is 21.9 Å². The number of nitrogens with two attached hydrogens (primary N) is 1. The Morgan fingerprint density at radius 1 is 1.50 bits per heavy atom. The van der Waals surface area contributed by atoms with Crippen LogP contribution in [0.4, 0.5) is 10.1 Å². The van der Waals surface area contributed by atoms with Crippen LogP contribution in [0.1, 0.15) is 11.5 Å². The van der Waals surface area contributed by atoms with Crippen molar-refractivity contribution in [1.29, 1.82) is 0 Å². The SMILES string of the molecule is Cc1ccc(NC(=O)CSc2nnc(CN)o2)cc1F. The first-order valence-electron chi connectivity index (χ1n) is 5.79. The fourth-order valence-corrected chi connectivity index (χ4v) is 1.95. The second kappa shape index (κ2) is 6.49. The second-order valence-electron chi connectivity index (χ2n) is 3.97. The number of nitrogens with zero attached hydrogens (tertiary/aromatic N) is 2. The fraction of sp³-hybridized carbons (Fsp3) is 0.250. The molecule has 0 unspecified atom stereocenters. The van der Waals surface area contributed by atoms with Gasteiger partial charge in [0.15, 0.2) is 0 Å². The van der Waals surface area contributed by atoms with Crippen molar-refractivity contribution in [3.63, 3.8) is 0 Å². The van der Waals surface area contributed by atoms with Crippen molar-refractivity contribution in [2.24, 2.45) is 5.73 Å². The number of benzene rings is 1. The molecule has 2 aromatic rings. The summed E-state index contributed by atoms with van der Waals surface area (Å²) in [5.41, 5.74) is 6.26. The van der Waals surface area contributed by atoms with E-state index < -0.39 is 0 Å². The van der Waals surface area contributed by atoms with E-state index >= 15 is 0 Å². The van der Waals surface area contributed by atoms with Gasteiger partial charge in [-0.3, -0.25) is 4.79 Å². The molecule has 0 aliphatic heterocycles. The van der Waals surface area contributed by atoms with E-state index in [2.05, 4.69) is 15.5 Å². The number of hydrogen-bond donors (Lipinski definition) is 2. The second-order valence-corrected chi connectivity index (χ2v) is 4.89. The number of halogens is 1. The van der Waals surface area contributed by atoms with Crippen LogP contribution >= 0.6 is 11.8 Å². The monoisotopic (exact) mass is 296 g/mol. The molecule has 0 radical (unpaired) electrons. The molecule has 2 rings (SSSR count). The zero-order valence-electron chi connectivity index (χ0n) is 10.7. The predicted octanol–water partition coefficient (Wildman–Crippen LogP) is 1.71. The summed E-state index contributed by atoms with van der Waals surface area (Å²) >= 11 is 1.09. The van der Waals surface area contributed by atoms with Crippen LogP contribution in [0.25, 0.3) is 0 Å². The lowest BCUT2D eigenvalue weighted by molar-refractivity contribution is -0.113. The van der Waals surface area contributed by atoms with Crippen LogP contribution in [0.2, 0.25) is 0 Å². The molecule has 1 amide bonds. The van der Waals surface area contributed by atoms with E-state index in [0.29, 0.717) is 17.1 Å². The normalized spacial score (nSPS) is 10.6. The number of rotatable bonds is 5. The van der Waals surface area contributed by atoms with Crippen LogP contribution < -0.4 is 11.1 Å². The number of nitrogens with one attached hydrogen (secondary N) is 1. The van der Waals surface area contributed by atoms with Crippen molar-refractivity contribution >= 4 is 23.4 Å². The highest BCUT2D eigenvalue weighted by molar-refractivity contribution is 7.99. The number of anilines is 1. The number of carbonyl (C=O) groups is 1.